The molecule has 30 heavy (non-hydrogen) atoms. The van der Waals surface area contributed by atoms with Crippen molar-refractivity contribution in [2.24, 2.45) is 0 Å². The van der Waals surface area contributed by atoms with Gasteiger partial charge in [0.15, 0.2) is 0 Å². The number of H-pyrrole nitrogens is 1. The van der Waals surface area contributed by atoms with Crippen molar-refractivity contribution in [1.29, 1.82) is 0 Å². The van der Waals surface area contributed by atoms with E-state index >= 15 is 0 Å². The smallest absolute Gasteiger partial charge is 0.338 e. The first kappa shape index (κ1) is 19.9. The highest BCUT2D eigenvalue weighted by atomic mass is 35.5. The Morgan fingerprint density at radius 3 is 2.53 bits per heavy atom. The van der Waals surface area contributed by atoms with Crippen LogP contribution in [0.5, 0.6) is 0 Å². The summed E-state index contributed by atoms with van der Waals surface area (Å²) >= 11 is 11.7. The van der Waals surface area contributed by atoms with Crippen LogP contribution >= 0.6 is 23.2 Å². The van der Waals surface area contributed by atoms with E-state index in [-0.39, 0.29) is 28.2 Å². The van der Waals surface area contributed by atoms with E-state index in [1.54, 1.807) is 42.5 Å². The topological polar surface area (TPSA) is 94.0 Å². The number of pyridine rings is 1. The number of aromatic amines is 1. The molecule has 4 aromatic rings. The maximum Gasteiger partial charge on any atom is 0.338 e. The third-order valence-electron chi connectivity index (χ3n) is 4.36. The predicted octanol–water partition coefficient (Wildman–Crippen LogP) is 3.74. The molecule has 0 radical (unpaired) electrons. The average Bonchev–Trinajstić information content (AvgIpc) is 2.74. The molecular weight excluding hydrogens is 429 g/mol. The first-order chi connectivity index (χ1) is 14.4. The molecule has 4 rings (SSSR count). The zero-order valence-corrected chi connectivity index (χ0v) is 16.8. The Bertz CT molecular complexity index is 1380. The van der Waals surface area contributed by atoms with Crippen LogP contribution in [0.2, 0.25) is 10.2 Å². The van der Waals surface area contributed by atoms with Gasteiger partial charge < -0.3 is 9.72 Å². The molecule has 2 aromatic carbocycles. The van der Waals surface area contributed by atoms with Crippen molar-refractivity contribution in [3.8, 4) is 5.69 Å². The Morgan fingerprint density at radius 1 is 1.03 bits per heavy atom. The molecule has 150 valence electrons. The zero-order valence-electron chi connectivity index (χ0n) is 15.3. The molecule has 0 unspecified atom stereocenters. The minimum atomic E-state index is -0.641. The van der Waals surface area contributed by atoms with E-state index in [0.717, 1.165) is 4.57 Å². The third-order valence-corrected chi connectivity index (χ3v) is 5.05. The summed E-state index contributed by atoms with van der Waals surface area (Å²) in [5.74, 6) is -0.641. The minimum absolute atomic E-state index is 0.111. The standard InChI is InChI=1S/C21H13Cl2N3O4/c22-16-9-7-13(24-18(16)23)11-30-20(28)12-6-8-15-17(10-12)25-21(29)26(19(15)27)14-4-2-1-3-5-14/h1-10H,11H2,(H,25,29). The number of esters is 1. The molecule has 0 saturated carbocycles. The number of carbonyl (C=O) groups is 1. The number of aromatic nitrogens is 3. The number of rotatable bonds is 4. The van der Waals surface area contributed by atoms with Crippen LogP contribution < -0.4 is 11.2 Å². The molecule has 2 aromatic heterocycles. The number of fused-ring (bicyclic) bond motifs is 1. The zero-order chi connectivity index (χ0) is 21.3. The van der Waals surface area contributed by atoms with Gasteiger partial charge in [0.05, 0.1) is 32.9 Å². The molecule has 0 amide bonds. The number of ether oxygens (including phenoxy) is 1. The number of benzene rings is 2. The summed E-state index contributed by atoms with van der Waals surface area (Å²) in [7, 11) is 0. The molecule has 0 atom stereocenters. The first-order valence-electron chi connectivity index (χ1n) is 8.76. The van der Waals surface area contributed by atoms with Crippen LogP contribution in [0.1, 0.15) is 16.1 Å². The van der Waals surface area contributed by atoms with E-state index in [0.29, 0.717) is 16.4 Å². The normalized spacial score (nSPS) is 10.9. The molecule has 2 heterocycles. The summed E-state index contributed by atoms with van der Waals surface area (Å²) < 4.78 is 6.27. The quantitative estimate of drug-likeness (QED) is 0.384. The maximum absolute atomic E-state index is 12.8. The van der Waals surface area contributed by atoms with Crippen LogP contribution in [-0.2, 0) is 11.3 Å². The SMILES string of the molecule is O=C(OCc1ccc(Cl)c(Cl)n1)c1ccc2c(=O)n(-c3ccccc3)c(=O)[nH]c2c1. The second kappa shape index (κ2) is 8.14. The highest BCUT2D eigenvalue weighted by Gasteiger charge is 2.14. The highest BCUT2D eigenvalue weighted by molar-refractivity contribution is 6.41. The van der Waals surface area contributed by atoms with Gasteiger partial charge in [0.25, 0.3) is 5.56 Å². The van der Waals surface area contributed by atoms with Gasteiger partial charge in [0, 0.05) is 0 Å². The second-order valence-electron chi connectivity index (χ2n) is 6.32. The third kappa shape index (κ3) is 3.85. The molecule has 0 bridgehead atoms. The lowest BCUT2D eigenvalue weighted by atomic mass is 10.1. The monoisotopic (exact) mass is 441 g/mol. The predicted molar refractivity (Wildman–Crippen MR) is 114 cm³/mol. The summed E-state index contributed by atoms with van der Waals surface area (Å²) in [6, 6.07) is 16.0. The van der Waals surface area contributed by atoms with Crippen LogP contribution in [0.3, 0.4) is 0 Å². The summed E-state index contributed by atoms with van der Waals surface area (Å²) in [5, 5.41) is 0.677. The van der Waals surface area contributed by atoms with Gasteiger partial charge in [-0.1, -0.05) is 41.4 Å². The molecule has 0 aliphatic heterocycles. The summed E-state index contributed by atoms with van der Waals surface area (Å²) in [5.41, 5.74) is 0.194. The lowest BCUT2D eigenvalue weighted by molar-refractivity contribution is 0.0468. The van der Waals surface area contributed by atoms with Gasteiger partial charge >= 0.3 is 11.7 Å². The molecule has 9 heteroatoms. The van der Waals surface area contributed by atoms with Crippen molar-refractivity contribution in [3.63, 3.8) is 0 Å². The lowest BCUT2D eigenvalue weighted by Gasteiger charge is -2.08. The molecule has 7 nitrogen and oxygen atoms in total. The van der Waals surface area contributed by atoms with Gasteiger partial charge in [-0.3, -0.25) is 4.79 Å². The number of nitrogens with one attached hydrogen (secondary N) is 1. The molecule has 0 aliphatic carbocycles. The van der Waals surface area contributed by atoms with Crippen molar-refractivity contribution in [3.05, 3.63) is 103 Å². The Kier molecular flexibility index (Phi) is 5.39. The van der Waals surface area contributed by atoms with E-state index in [1.807, 2.05) is 0 Å². The fourth-order valence-corrected chi connectivity index (χ4v) is 3.19. The van der Waals surface area contributed by atoms with Crippen LogP contribution in [0, 0.1) is 0 Å². The maximum atomic E-state index is 12.8. The van der Waals surface area contributed by atoms with Gasteiger partial charge in [0.2, 0.25) is 0 Å². The van der Waals surface area contributed by atoms with E-state index in [1.165, 1.54) is 18.2 Å². The lowest BCUT2D eigenvalue weighted by Crippen LogP contribution is -2.33. The molecule has 0 saturated heterocycles. The number of carbonyl (C=O) groups excluding carboxylic acids is 1. The van der Waals surface area contributed by atoms with Crippen LogP contribution in [0.25, 0.3) is 16.6 Å². The van der Waals surface area contributed by atoms with Crippen molar-refractivity contribution in [2.75, 3.05) is 0 Å². The largest absolute Gasteiger partial charge is 0.456 e. The first-order valence-corrected chi connectivity index (χ1v) is 9.52. The number of hydrogen-bond donors (Lipinski definition) is 1. The van der Waals surface area contributed by atoms with Crippen molar-refractivity contribution >= 4 is 40.1 Å². The Hall–Kier alpha value is -3.42. The number of halogens is 2. The van der Waals surface area contributed by atoms with Gasteiger partial charge in [-0.15, -0.1) is 0 Å². The van der Waals surface area contributed by atoms with Gasteiger partial charge in [0.1, 0.15) is 11.8 Å². The van der Waals surface area contributed by atoms with Crippen LogP contribution in [-0.4, -0.2) is 20.5 Å². The van der Waals surface area contributed by atoms with Crippen molar-refractivity contribution in [2.45, 2.75) is 6.61 Å². The Labute approximate surface area is 179 Å². The van der Waals surface area contributed by atoms with Crippen molar-refractivity contribution < 1.29 is 9.53 Å². The fourth-order valence-electron chi connectivity index (χ4n) is 2.91. The fraction of sp³-hybridized carbons (Fsp3) is 0.0476. The Balaban J connectivity index is 1.63. The van der Waals surface area contributed by atoms with E-state index in [2.05, 4.69) is 9.97 Å². The van der Waals surface area contributed by atoms with Crippen molar-refractivity contribution in [1.82, 2.24) is 14.5 Å². The van der Waals surface area contributed by atoms with Gasteiger partial charge in [-0.05, 0) is 42.5 Å². The molecular formula is C21H13Cl2N3O4. The minimum Gasteiger partial charge on any atom is -0.456 e. The number of para-hydroxylation sites is 1. The summed E-state index contributed by atoms with van der Waals surface area (Å²) in [6.07, 6.45) is 0. The van der Waals surface area contributed by atoms with Gasteiger partial charge in [-0.2, -0.15) is 0 Å². The van der Waals surface area contributed by atoms with E-state index in [4.69, 9.17) is 27.9 Å². The summed E-state index contributed by atoms with van der Waals surface area (Å²) in [6.45, 7) is -0.111. The number of hydrogen-bond acceptors (Lipinski definition) is 5. The van der Waals surface area contributed by atoms with Gasteiger partial charge in [-0.25, -0.2) is 19.1 Å². The number of nitrogens with zero attached hydrogens (tertiary/aromatic N) is 2. The van der Waals surface area contributed by atoms with E-state index in [9.17, 15) is 14.4 Å². The molecule has 0 aliphatic rings. The highest BCUT2D eigenvalue weighted by Crippen LogP contribution is 2.19. The Morgan fingerprint density at radius 2 is 1.80 bits per heavy atom. The average molecular weight is 442 g/mol. The molecule has 0 spiro atoms. The second-order valence-corrected chi connectivity index (χ2v) is 7.08. The van der Waals surface area contributed by atoms with Crippen LogP contribution in [0.15, 0.2) is 70.3 Å². The van der Waals surface area contributed by atoms with E-state index < -0.39 is 17.2 Å². The summed E-state index contributed by atoms with van der Waals surface area (Å²) in [4.78, 5) is 44.3. The molecule has 0 fully saturated rings. The molecule has 1 N–H and O–H groups in total. The van der Waals surface area contributed by atoms with Crippen LogP contribution in [0.4, 0.5) is 0 Å².